The van der Waals surface area contributed by atoms with E-state index in [4.69, 9.17) is 4.74 Å². The minimum atomic E-state index is -0.159. The van der Waals surface area contributed by atoms with Crippen LogP contribution in [0.25, 0.3) is 0 Å². The molecule has 0 spiro atoms. The number of hydrogen-bond donors (Lipinski definition) is 1. The van der Waals surface area contributed by atoms with Crippen molar-refractivity contribution in [2.45, 2.75) is 12.1 Å². The first-order valence-corrected chi connectivity index (χ1v) is 8.59. The van der Waals surface area contributed by atoms with Gasteiger partial charge in [0.2, 0.25) is 11.1 Å². The highest BCUT2D eigenvalue weighted by Crippen LogP contribution is 2.29. The van der Waals surface area contributed by atoms with E-state index in [2.05, 4.69) is 20.8 Å². The third-order valence-electron chi connectivity index (χ3n) is 3.32. The van der Waals surface area contributed by atoms with E-state index in [0.29, 0.717) is 22.3 Å². The fourth-order valence-electron chi connectivity index (χ4n) is 2.05. The summed E-state index contributed by atoms with van der Waals surface area (Å²) >= 11 is 1.27. The molecule has 3 aromatic rings. The number of para-hydroxylation sites is 2. The molecule has 8 heteroatoms. The van der Waals surface area contributed by atoms with Crippen LogP contribution < -0.4 is 10.1 Å². The largest absolute Gasteiger partial charge is 0.455 e. The van der Waals surface area contributed by atoms with Crippen molar-refractivity contribution >= 4 is 23.4 Å². The van der Waals surface area contributed by atoms with Crippen LogP contribution in [-0.4, -0.2) is 31.9 Å². The quantitative estimate of drug-likeness (QED) is 0.685. The minimum Gasteiger partial charge on any atom is -0.455 e. The van der Waals surface area contributed by atoms with E-state index in [1.807, 2.05) is 49.4 Å². The van der Waals surface area contributed by atoms with Gasteiger partial charge in [-0.25, -0.2) is 4.68 Å². The lowest BCUT2D eigenvalue weighted by atomic mass is 10.2. The maximum Gasteiger partial charge on any atom is 0.234 e. The number of aromatic nitrogens is 4. The minimum absolute atomic E-state index is 0.159. The van der Waals surface area contributed by atoms with Gasteiger partial charge in [0.15, 0.2) is 5.75 Å². The Bertz CT molecular complexity index is 863. The summed E-state index contributed by atoms with van der Waals surface area (Å²) in [7, 11) is 1.73. The van der Waals surface area contributed by atoms with E-state index in [1.165, 1.54) is 16.4 Å². The molecule has 0 aliphatic rings. The van der Waals surface area contributed by atoms with E-state index in [-0.39, 0.29) is 11.7 Å². The molecule has 0 radical (unpaired) electrons. The number of carbonyl (C=O) groups is 1. The fraction of sp³-hybridized carbons (Fsp3) is 0.176. The van der Waals surface area contributed by atoms with Gasteiger partial charge in [-0.15, -0.1) is 5.10 Å². The highest BCUT2D eigenvalue weighted by molar-refractivity contribution is 7.99. The first kappa shape index (κ1) is 17.0. The SMILES string of the molecule is Cc1ccc(Oc2ccccc2NC(=O)CSc2nnnn2C)cc1. The lowest BCUT2D eigenvalue weighted by Gasteiger charge is -2.12. The van der Waals surface area contributed by atoms with Crippen LogP contribution in [0.4, 0.5) is 5.69 Å². The molecule has 0 saturated carbocycles. The molecule has 1 amide bonds. The predicted octanol–water partition coefficient (Wildman–Crippen LogP) is 3.04. The number of hydrogen-bond acceptors (Lipinski definition) is 6. The molecule has 0 aliphatic carbocycles. The number of rotatable bonds is 6. The molecule has 25 heavy (non-hydrogen) atoms. The number of carbonyl (C=O) groups excluding carboxylic acids is 1. The second kappa shape index (κ2) is 7.80. The summed E-state index contributed by atoms with van der Waals surface area (Å²) in [6, 6.07) is 15.1. The van der Waals surface area contributed by atoms with Crippen LogP contribution >= 0.6 is 11.8 Å². The van der Waals surface area contributed by atoms with Gasteiger partial charge >= 0.3 is 0 Å². The Hall–Kier alpha value is -2.87. The second-order valence-corrected chi connectivity index (χ2v) is 6.28. The Kier molecular flexibility index (Phi) is 5.30. The molecule has 0 atom stereocenters. The van der Waals surface area contributed by atoms with E-state index < -0.39 is 0 Å². The van der Waals surface area contributed by atoms with Crippen LogP contribution in [0.2, 0.25) is 0 Å². The van der Waals surface area contributed by atoms with Gasteiger partial charge in [-0.3, -0.25) is 4.79 Å². The van der Waals surface area contributed by atoms with Gasteiger partial charge in [0.05, 0.1) is 11.4 Å². The molecular formula is C17H17N5O2S. The van der Waals surface area contributed by atoms with Gasteiger partial charge in [0.1, 0.15) is 5.75 Å². The number of ether oxygens (including phenoxy) is 1. The fourth-order valence-corrected chi connectivity index (χ4v) is 2.70. The lowest BCUT2D eigenvalue weighted by molar-refractivity contribution is -0.113. The van der Waals surface area contributed by atoms with E-state index >= 15 is 0 Å². The molecule has 2 aromatic carbocycles. The molecule has 0 unspecified atom stereocenters. The van der Waals surface area contributed by atoms with Crippen LogP contribution in [0.15, 0.2) is 53.7 Å². The first-order valence-electron chi connectivity index (χ1n) is 7.60. The van der Waals surface area contributed by atoms with Gasteiger partial charge in [-0.2, -0.15) is 0 Å². The molecule has 0 fully saturated rings. The monoisotopic (exact) mass is 355 g/mol. The van der Waals surface area contributed by atoms with Gasteiger partial charge in [-0.05, 0) is 41.6 Å². The number of aryl methyl sites for hydroxylation is 2. The number of anilines is 1. The van der Waals surface area contributed by atoms with E-state index in [0.717, 1.165) is 5.56 Å². The van der Waals surface area contributed by atoms with Gasteiger partial charge < -0.3 is 10.1 Å². The number of nitrogens with zero attached hydrogens (tertiary/aromatic N) is 4. The third kappa shape index (κ3) is 4.57. The maximum absolute atomic E-state index is 12.2. The van der Waals surface area contributed by atoms with Crippen LogP contribution in [0.3, 0.4) is 0 Å². The molecular weight excluding hydrogens is 338 g/mol. The highest BCUT2D eigenvalue weighted by Gasteiger charge is 2.11. The summed E-state index contributed by atoms with van der Waals surface area (Å²) in [5, 5.41) is 14.5. The third-order valence-corrected chi connectivity index (χ3v) is 4.33. The van der Waals surface area contributed by atoms with Crippen molar-refractivity contribution in [1.82, 2.24) is 20.2 Å². The average Bonchev–Trinajstić information content (AvgIpc) is 3.02. The molecule has 1 aromatic heterocycles. The van der Waals surface area contributed by atoms with Crippen LogP contribution in [0, 0.1) is 6.92 Å². The van der Waals surface area contributed by atoms with Crippen molar-refractivity contribution in [1.29, 1.82) is 0 Å². The molecule has 0 bridgehead atoms. The topological polar surface area (TPSA) is 81.9 Å². The van der Waals surface area contributed by atoms with Crippen LogP contribution in [0.5, 0.6) is 11.5 Å². The summed E-state index contributed by atoms with van der Waals surface area (Å²) in [6.07, 6.45) is 0. The Morgan fingerprint density at radius 3 is 2.68 bits per heavy atom. The average molecular weight is 355 g/mol. The van der Waals surface area contributed by atoms with Crippen LogP contribution in [-0.2, 0) is 11.8 Å². The number of amides is 1. The summed E-state index contributed by atoms with van der Waals surface area (Å²) in [6.45, 7) is 2.02. The van der Waals surface area contributed by atoms with E-state index in [1.54, 1.807) is 13.1 Å². The lowest BCUT2D eigenvalue weighted by Crippen LogP contribution is -2.15. The predicted molar refractivity (Wildman–Crippen MR) is 95.8 cm³/mol. The molecule has 1 heterocycles. The van der Waals surface area contributed by atoms with Crippen molar-refractivity contribution in [3.05, 3.63) is 54.1 Å². The Morgan fingerprint density at radius 1 is 1.20 bits per heavy atom. The maximum atomic E-state index is 12.2. The summed E-state index contributed by atoms with van der Waals surface area (Å²) in [5.41, 5.74) is 1.77. The number of tetrazole rings is 1. The molecule has 7 nitrogen and oxygen atoms in total. The Morgan fingerprint density at radius 2 is 1.96 bits per heavy atom. The normalized spacial score (nSPS) is 10.5. The zero-order valence-corrected chi connectivity index (χ0v) is 14.7. The zero-order valence-electron chi connectivity index (χ0n) is 13.8. The van der Waals surface area contributed by atoms with E-state index in [9.17, 15) is 4.79 Å². The smallest absolute Gasteiger partial charge is 0.234 e. The highest BCUT2D eigenvalue weighted by atomic mass is 32.2. The number of benzene rings is 2. The number of nitrogens with one attached hydrogen (secondary N) is 1. The van der Waals surface area contributed by atoms with Crippen molar-refractivity contribution in [2.75, 3.05) is 11.1 Å². The van der Waals surface area contributed by atoms with Crippen molar-refractivity contribution in [3.8, 4) is 11.5 Å². The standard InChI is InChI=1S/C17H17N5O2S/c1-12-7-9-13(10-8-12)24-15-6-4-3-5-14(15)18-16(23)11-25-17-19-20-21-22(17)2/h3-10H,11H2,1-2H3,(H,18,23). The Balaban J connectivity index is 1.65. The molecule has 0 aliphatic heterocycles. The summed E-state index contributed by atoms with van der Waals surface area (Å²) in [5.74, 6) is 1.34. The Labute approximate surface area is 149 Å². The van der Waals surface area contributed by atoms with Gasteiger partial charge in [-0.1, -0.05) is 41.6 Å². The molecule has 3 rings (SSSR count). The van der Waals surface area contributed by atoms with Crippen molar-refractivity contribution in [2.24, 2.45) is 7.05 Å². The summed E-state index contributed by atoms with van der Waals surface area (Å²) < 4.78 is 7.40. The second-order valence-electron chi connectivity index (χ2n) is 5.33. The van der Waals surface area contributed by atoms with Crippen molar-refractivity contribution < 1.29 is 9.53 Å². The molecule has 128 valence electrons. The van der Waals surface area contributed by atoms with Gasteiger partial charge in [0.25, 0.3) is 0 Å². The van der Waals surface area contributed by atoms with Crippen LogP contribution in [0.1, 0.15) is 5.56 Å². The summed E-state index contributed by atoms with van der Waals surface area (Å²) in [4.78, 5) is 12.2. The van der Waals surface area contributed by atoms with Gasteiger partial charge in [0, 0.05) is 7.05 Å². The van der Waals surface area contributed by atoms with Crippen molar-refractivity contribution in [3.63, 3.8) is 0 Å². The zero-order chi connectivity index (χ0) is 17.6. The molecule has 0 saturated heterocycles. The first-order chi connectivity index (χ1) is 12.1. The number of thioether (sulfide) groups is 1. The molecule has 1 N–H and O–H groups in total.